The fraction of sp³-hybridized carbons (Fsp3) is 0.625. The first kappa shape index (κ1) is 15.3. The SMILES string of the molecule is CCN(CC)C1CCN(c2ccc(CNC)cc2F)C1. The van der Waals surface area contributed by atoms with Crippen LogP contribution in [0.15, 0.2) is 18.2 Å². The Kier molecular flexibility index (Phi) is 5.38. The van der Waals surface area contributed by atoms with E-state index in [0.717, 1.165) is 43.9 Å². The lowest BCUT2D eigenvalue weighted by Crippen LogP contribution is -2.37. The molecule has 1 unspecified atom stereocenters. The number of hydrogen-bond donors (Lipinski definition) is 1. The molecule has 1 N–H and O–H groups in total. The average molecular weight is 279 g/mol. The molecule has 2 rings (SSSR count). The van der Waals surface area contributed by atoms with E-state index in [1.807, 2.05) is 19.2 Å². The summed E-state index contributed by atoms with van der Waals surface area (Å²) in [5.74, 6) is -0.0991. The Balaban J connectivity index is 2.06. The lowest BCUT2D eigenvalue weighted by molar-refractivity contribution is 0.232. The standard InChI is InChI=1S/C16H26FN3/c1-4-19(5-2)14-8-9-20(12-14)16-7-6-13(11-18-3)10-15(16)17/h6-7,10,14,18H,4-5,8-9,11-12H2,1-3H3. The number of nitrogens with zero attached hydrogens (tertiary/aromatic N) is 2. The van der Waals surface area contributed by atoms with Crippen LogP contribution in [-0.2, 0) is 6.54 Å². The van der Waals surface area contributed by atoms with E-state index in [4.69, 9.17) is 0 Å². The van der Waals surface area contributed by atoms with Crippen LogP contribution >= 0.6 is 0 Å². The molecule has 112 valence electrons. The van der Waals surface area contributed by atoms with Crippen molar-refractivity contribution in [2.24, 2.45) is 0 Å². The minimum Gasteiger partial charge on any atom is -0.368 e. The van der Waals surface area contributed by atoms with Gasteiger partial charge in [-0.15, -0.1) is 0 Å². The van der Waals surface area contributed by atoms with E-state index in [1.54, 1.807) is 6.07 Å². The highest BCUT2D eigenvalue weighted by atomic mass is 19.1. The number of anilines is 1. The predicted octanol–water partition coefficient (Wildman–Crippen LogP) is 2.47. The van der Waals surface area contributed by atoms with Gasteiger partial charge in [0.05, 0.1) is 5.69 Å². The Morgan fingerprint density at radius 1 is 1.35 bits per heavy atom. The summed E-state index contributed by atoms with van der Waals surface area (Å²) in [7, 11) is 1.88. The second kappa shape index (κ2) is 7.04. The van der Waals surface area contributed by atoms with Crippen LogP contribution in [0.5, 0.6) is 0 Å². The Hall–Kier alpha value is -1.13. The number of nitrogens with one attached hydrogen (secondary N) is 1. The summed E-state index contributed by atoms with van der Waals surface area (Å²) >= 11 is 0. The van der Waals surface area contributed by atoms with Crippen molar-refractivity contribution in [1.82, 2.24) is 10.2 Å². The van der Waals surface area contributed by atoms with Crippen molar-refractivity contribution in [1.29, 1.82) is 0 Å². The zero-order valence-electron chi connectivity index (χ0n) is 12.8. The Labute approximate surface area is 121 Å². The number of benzene rings is 1. The number of halogens is 1. The van der Waals surface area contributed by atoms with Gasteiger partial charge in [-0.2, -0.15) is 0 Å². The highest BCUT2D eigenvalue weighted by molar-refractivity contribution is 5.50. The van der Waals surface area contributed by atoms with Gasteiger partial charge in [0.1, 0.15) is 5.82 Å². The minimum atomic E-state index is -0.0991. The van der Waals surface area contributed by atoms with Gasteiger partial charge in [0.25, 0.3) is 0 Å². The maximum Gasteiger partial charge on any atom is 0.146 e. The smallest absolute Gasteiger partial charge is 0.146 e. The average Bonchev–Trinajstić information content (AvgIpc) is 2.90. The van der Waals surface area contributed by atoms with E-state index < -0.39 is 0 Å². The second-order valence-electron chi connectivity index (χ2n) is 5.43. The molecule has 0 spiro atoms. The van der Waals surface area contributed by atoms with Crippen molar-refractivity contribution < 1.29 is 4.39 Å². The third kappa shape index (κ3) is 3.30. The largest absolute Gasteiger partial charge is 0.368 e. The van der Waals surface area contributed by atoms with Gasteiger partial charge >= 0.3 is 0 Å². The topological polar surface area (TPSA) is 18.5 Å². The van der Waals surface area contributed by atoms with Crippen molar-refractivity contribution in [2.75, 3.05) is 38.1 Å². The molecular weight excluding hydrogens is 253 g/mol. The van der Waals surface area contributed by atoms with E-state index in [9.17, 15) is 4.39 Å². The molecule has 1 heterocycles. The molecule has 4 heteroatoms. The zero-order valence-corrected chi connectivity index (χ0v) is 12.8. The first-order chi connectivity index (χ1) is 9.69. The lowest BCUT2D eigenvalue weighted by Gasteiger charge is -2.26. The molecule has 0 bridgehead atoms. The lowest BCUT2D eigenvalue weighted by atomic mass is 10.2. The van der Waals surface area contributed by atoms with Crippen LogP contribution in [0, 0.1) is 5.82 Å². The summed E-state index contributed by atoms with van der Waals surface area (Å²) in [4.78, 5) is 4.65. The van der Waals surface area contributed by atoms with Crippen LogP contribution in [0.3, 0.4) is 0 Å². The van der Waals surface area contributed by atoms with Crippen molar-refractivity contribution >= 4 is 5.69 Å². The number of rotatable bonds is 6. The molecule has 0 aromatic heterocycles. The third-order valence-corrected chi connectivity index (χ3v) is 4.23. The molecule has 1 aromatic carbocycles. The van der Waals surface area contributed by atoms with Gasteiger partial charge in [0.2, 0.25) is 0 Å². The summed E-state index contributed by atoms with van der Waals surface area (Å²) in [5.41, 5.74) is 1.74. The summed E-state index contributed by atoms with van der Waals surface area (Å²) in [6, 6.07) is 6.14. The Morgan fingerprint density at radius 2 is 2.10 bits per heavy atom. The summed E-state index contributed by atoms with van der Waals surface area (Å²) in [5, 5.41) is 3.05. The molecule has 3 nitrogen and oxygen atoms in total. The molecule has 0 radical (unpaired) electrons. The van der Waals surface area contributed by atoms with Gasteiger partial charge in [0.15, 0.2) is 0 Å². The Morgan fingerprint density at radius 3 is 2.70 bits per heavy atom. The molecule has 0 aliphatic carbocycles. The van der Waals surface area contributed by atoms with Gasteiger partial charge < -0.3 is 10.2 Å². The summed E-state index contributed by atoms with van der Waals surface area (Å²) < 4.78 is 14.2. The van der Waals surface area contributed by atoms with E-state index in [1.165, 1.54) is 0 Å². The fourth-order valence-corrected chi connectivity index (χ4v) is 3.12. The first-order valence-corrected chi connectivity index (χ1v) is 7.61. The highest BCUT2D eigenvalue weighted by Gasteiger charge is 2.27. The van der Waals surface area contributed by atoms with Crippen molar-refractivity contribution in [3.05, 3.63) is 29.6 Å². The molecule has 1 atom stereocenters. The zero-order chi connectivity index (χ0) is 14.5. The third-order valence-electron chi connectivity index (χ3n) is 4.23. The summed E-state index contributed by atoms with van der Waals surface area (Å²) in [6.07, 6.45) is 1.12. The van der Waals surface area contributed by atoms with Gasteiger partial charge in [-0.3, -0.25) is 4.90 Å². The minimum absolute atomic E-state index is 0.0991. The molecule has 1 aliphatic rings. The first-order valence-electron chi connectivity index (χ1n) is 7.61. The highest BCUT2D eigenvalue weighted by Crippen LogP contribution is 2.26. The molecule has 1 fully saturated rings. The molecule has 0 amide bonds. The molecule has 0 saturated carbocycles. The molecule has 1 aliphatic heterocycles. The molecule has 1 saturated heterocycles. The predicted molar refractivity (Wildman–Crippen MR) is 82.7 cm³/mol. The van der Waals surface area contributed by atoms with Gasteiger partial charge in [0, 0.05) is 25.7 Å². The molecule has 1 aromatic rings. The maximum absolute atomic E-state index is 14.2. The molecule has 20 heavy (non-hydrogen) atoms. The second-order valence-corrected chi connectivity index (χ2v) is 5.43. The van der Waals surface area contributed by atoms with Gasteiger partial charge in [-0.1, -0.05) is 19.9 Å². The van der Waals surface area contributed by atoms with Gasteiger partial charge in [-0.05, 0) is 44.3 Å². The van der Waals surface area contributed by atoms with E-state index in [0.29, 0.717) is 12.6 Å². The molecular formula is C16H26FN3. The monoisotopic (exact) mass is 279 g/mol. The van der Waals surface area contributed by atoms with Crippen molar-refractivity contribution in [2.45, 2.75) is 32.9 Å². The van der Waals surface area contributed by atoms with E-state index in [2.05, 4.69) is 29.0 Å². The van der Waals surface area contributed by atoms with Crippen LogP contribution in [0.1, 0.15) is 25.8 Å². The Bertz CT molecular complexity index is 432. The van der Waals surface area contributed by atoms with E-state index >= 15 is 0 Å². The summed E-state index contributed by atoms with van der Waals surface area (Å²) in [6.45, 7) is 9.11. The van der Waals surface area contributed by atoms with Crippen LogP contribution in [0.2, 0.25) is 0 Å². The van der Waals surface area contributed by atoms with Gasteiger partial charge in [-0.25, -0.2) is 4.39 Å². The quantitative estimate of drug-likeness (QED) is 0.863. The van der Waals surface area contributed by atoms with Crippen molar-refractivity contribution in [3.8, 4) is 0 Å². The number of hydrogen-bond acceptors (Lipinski definition) is 3. The fourth-order valence-electron chi connectivity index (χ4n) is 3.12. The van der Waals surface area contributed by atoms with Crippen LogP contribution in [-0.4, -0.2) is 44.2 Å². The van der Waals surface area contributed by atoms with Crippen LogP contribution in [0.4, 0.5) is 10.1 Å². The number of likely N-dealkylation sites (N-methyl/N-ethyl adjacent to an activating group) is 1. The van der Waals surface area contributed by atoms with Crippen LogP contribution in [0.25, 0.3) is 0 Å². The maximum atomic E-state index is 14.2. The normalized spacial score (nSPS) is 19.1. The van der Waals surface area contributed by atoms with Crippen LogP contribution < -0.4 is 10.2 Å². The van der Waals surface area contributed by atoms with E-state index in [-0.39, 0.29) is 5.82 Å². The van der Waals surface area contributed by atoms with Crippen molar-refractivity contribution in [3.63, 3.8) is 0 Å².